The van der Waals surface area contributed by atoms with E-state index in [4.69, 9.17) is 9.97 Å². The van der Waals surface area contributed by atoms with Crippen LogP contribution < -0.4 is 10.7 Å². The molecule has 0 fully saturated rings. The summed E-state index contributed by atoms with van der Waals surface area (Å²) in [5.41, 5.74) is 11.2. The molecule has 3 aromatic rings. The van der Waals surface area contributed by atoms with Crippen LogP contribution in [0.2, 0.25) is 0 Å². The summed E-state index contributed by atoms with van der Waals surface area (Å²) in [6.07, 6.45) is 15.5. The number of fused-ring (bicyclic) bond motifs is 6. The van der Waals surface area contributed by atoms with Gasteiger partial charge in [-0.1, -0.05) is 114 Å². The molecule has 0 amide bonds. The molecule has 0 radical (unpaired) electrons. The van der Waals surface area contributed by atoms with E-state index in [1.54, 1.807) is 0 Å². The average Bonchev–Trinajstić information content (AvgIpc) is 3.75. The number of nitrogens with one attached hydrogen (secondary N) is 2. The van der Waals surface area contributed by atoms with Crippen LogP contribution in [0, 0.1) is 6.92 Å². The predicted molar refractivity (Wildman–Crippen MR) is 194 cm³/mol. The second kappa shape index (κ2) is 16.2. The van der Waals surface area contributed by atoms with Crippen molar-refractivity contribution in [2.45, 2.75) is 67.7 Å². The van der Waals surface area contributed by atoms with Crippen molar-refractivity contribution in [1.82, 2.24) is 19.9 Å². The topological polar surface area (TPSA) is 57.4 Å². The molecule has 4 nitrogen and oxygen atoms in total. The Bertz CT molecular complexity index is 1840. The molecular formula is C40H48N4. The van der Waals surface area contributed by atoms with Crippen LogP contribution in [0.15, 0.2) is 78.4 Å². The van der Waals surface area contributed by atoms with E-state index < -0.39 is 0 Å². The Balaban J connectivity index is 0.00000127. The van der Waals surface area contributed by atoms with E-state index in [2.05, 4.69) is 123 Å². The van der Waals surface area contributed by atoms with Crippen molar-refractivity contribution in [2.75, 3.05) is 0 Å². The van der Waals surface area contributed by atoms with Gasteiger partial charge in [0.1, 0.15) is 0 Å². The summed E-state index contributed by atoms with van der Waals surface area (Å²) in [7, 11) is 0. The van der Waals surface area contributed by atoms with E-state index in [-0.39, 0.29) is 0 Å². The Kier molecular flexibility index (Phi) is 12.5. The second-order valence-electron chi connectivity index (χ2n) is 10.5. The van der Waals surface area contributed by atoms with E-state index in [1.807, 2.05) is 46.8 Å². The minimum absolute atomic E-state index is 0.305. The van der Waals surface area contributed by atoms with Gasteiger partial charge >= 0.3 is 0 Å². The first-order valence-corrected chi connectivity index (χ1v) is 15.7. The van der Waals surface area contributed by atoms with Gasteiger partial charge in [0.05, 0.1) is 11.4 Å². The molecule has 44 heavy (non-hydrogen) atoms. The van der Waals surface area contributed by atoms with Gasteiger partial charge in [-0.05, 0) is 69.2 Å². The highest BCUT2D eigenvalue weighted by molar-refractivity contribution is 5.86. The minimum Gasteiger partial charge on any atom is -0.356 e. The molecule has 1 aromatic carbocycles. The van der Waals surface area contributed by atoms with E-state index in [0.29, 0.717) is 5.92 Å². The first-order chi connectivity index (χ1) is 21.3. The van der Waals surface area contributed by atoms with Crippen molar-refractivity contribution in [3.05, 3.63) is 123 Å². The van der Waals surface area contributed by atoms with Gasteiger partial charge in [0.25, 0.3) is 0 Å². The Labute approximate surface area is 263 Å². The number of aryl methyl sites for hydroxylation is 1. The maximum atomic E-state index is 5.14. The summed E-state index contributed by atoms with van der Waals surface area (Å²) in [6.45, 7) is 25.1. The molecule has 2 aliphatic rings. The van der Waals surface area contributed by atoms with Crippen molar-refractivity contribution >= 4 is 42.4 Å². The van der Waals surface area contributed by atoms with Crippen LogP contribution in [0.3, 0.4) is 0 Å². The maximum absolute atomic E-state index is 5.14. The Morgan fingerprint density at radius 3 is 2.32 bits per heavy atom. The fourth-order valence-electron chi connectivity index (χ4n) is 5.09. The third-order valence-electron chi connectivity index (χ3n) is 7.11. The molecule has 6 bridgehead atoms. The van der Waals surface area contributed by atoms with Gasteiger partial charge < -0.3 is 9.97 Å². The number of aromatic nitrogens is 4. The highest BCUT2D eigenvalue weighted by Crippen LogP contribution is 2.27. The molecule has 0 aliphatic carbocycles. The molecule has 228 valence electrons. The number of allylic oxidation sites excluding steroid dienone is 5. The summed E-state index contributed by atoms with van der Waals surface area (Å²) in [5, 5.41) is 1.49. The van der Waals surface area contributed by atoms with Crippen molar-refractivity contribution in [3.8, 4) is 11.1 Å². The van der Waals surface area contributed by atoms with Crippen LogP contribution in [-0.4, -0.2) is 19.9 Å². The van der Waals surface area contributed by atoms with E-state index in [1.165, 1.54) is 11.1 Å². The zero-order valence-corrected chi connectivity index (χ0v) is 27.8. The standard InChI is InChI=1S/C36H36N4.2C2H6/c1-7-9-23(2)10-8-11-31-32-17-16-29(38-32)22-30-20-25(4)35(39-30)21-26(5)37-27(6)36(34-19-18-33(31)40-34)28-14-12-24(3)13-15-28;2*1-2/h7-19,21-22,25,37-38H,5-6,20H2,1-4H3;2*1-2H3/b9-7-,11-8+,23-10-,29-22?,32-31?,35-21?,36-34?;;. The molecule has 2 aromatic heterocycles. The Morgan fingerprint density at radius 2 is 1.61 bits per heavy atom. The van der Waals surface area contributed by atoms with Gasteiger partial charge in [-0.2, -0.15) is 0 Å². The minimum atomic E-state index is 0.305. The van der Waals surface area contributed by atoms with Crippen LogP contribution in [0.25, 0.3) is 53.5 Å². The lowest BCUT2D eigenvalue weighted by Gasteiger charge is -2.04. The number of nitrogens with zero attached hydrogens (tertiary/aromatic N) is 2. The largest absolute Gasteiger partial charge is 0.356 e. The van der Waals surface area contributed by atoms with Crippen molar-refractivity contribution in [2.24, 2.45) is 0 Å². The maximum Gasteiger partial charge on any atom is 0.0737 e. The zero-order valence-electron chi connectivity index (χ0n) is 27.8. The summed E-state index contributed by atoms with van der Waals surface area (Å²) < 4.78 is 0. The molecule has 4 heterocycles. The van der Waals surface area contributed by atoms with E-state index in [0.717, 1.165) is 67.6 Å². The van der Waals surface area contributed by atoms with Gasteiger partial charge in [-0.15, -0.1) is 0 Å². The van der Waals surface area contributed by atoms with Crippen LogP contribution >= 0.6 is 0 Å². The lowest BCUT2D eigenvalue weighted by molar-refractivity contribution is 0.794. The molecule has 0 saturated heterocycles. The third-order valence-corrected chi connectivity index (χ3v) is 7.11. The lowest BCUT2D eigenvalue weighted by atomic mass is 10.0. The second-order valence-corrected chi connectivity index (χ2v) is 10.5. The average molecular weight is 585 g/mol. The lowest BCUT2D eigenvalue weighted by Crippen LogP contribution is -2.17. The van der Waals surface area contributed by atoms with Crippen molar-refractivity contribution < 1.29 is 0 Å². The molecular weight excluding hydrogens is 536 g/mol. The molecule has 1 unspecified atom stereocenters. The number of benzene rings is 1. The van der Waals surface area contributed by atoms with Crippen LogP contribution in [0.1, 0.15) is 88.3 Å². The molecule has 0 spiro atoms. The number of rotatable bonds is 4. The summed E-state index contributed by atoms with van der Waals surface area (Å²) in [4.78, 5) is 17.1. The van der Waals surface area contributed by atoms with Gasteiger partial charge in [-0.25, -0.2) is 4.98 Å². The van der Waals surface area contributed by atoms with Gasteiger partial charge in [0.15, 0.2) is 0 Å². The molecule has 0 saturated carbocycles. The molecule has 2 aliphatic heterocycles. The number of H-pyrrole nitrogens is 2. The highest BCUT2D eigenvalue weighted by Gasteiger charge is 2.15. The zero-order chi connectivity index (χ0) is 32.2. The molecule has 4 heteroatoms. The number of hydrogen-bond acceptors (Lipinski definition) is 2. The first kappa shape index (κ1) is 33.8. The molecule has 2 N–H and O–H groups in total. The number of aromatic amines is 2. The molecule has 5 rings (SSSR count). The van der Waals surface area contributed by atoms with Crippen LogP contribution in [0.5, 0.6) is 0 Å². The van der Waals surface area contributed by atoms with Crippen molar-refractivity contribution in [1.29, 1.82) is 0 Å². The van der Waals surface area contributed by atoms with E-state index in [9.17, 15) is 0 Å². The summed E-state index contributed by atoms with van der Waals surface area (Å²) >= 11 is 0. The monoisotopic (exact) mass is 584 g/mol. The highest BCUT2D eigenvalue weighted by atomic mass is 14.8. The van der Waals surface area contributed by atoms with Crippen LogP contribution in [-0.2, 0) is 6.42 Å². The SMILES string of the molecule is C=c1cc2nc(cc3ccc([nH]3)c(/C=C/C=C(C)\C=C/C)c3nc(c(-c4ccc(C)cc4)c(=C)[nH]1)C=C3)CC2C.CC.CC. The quantitative estimate of drug-likeness (QED) is 0.235. The third kappa shape index (κ3) is 8.44. The number of hydrogen-bond donors (Lipinski definition) is 2. The van der Waals surface area contributed by atoms with Gasteiger partial charge in [-0.3, -0.25) is 4.98 Å². The summed E-state index contributed by atoms with van der Waals surface area (Å²) in [5.74, 6) is 0.305. The van der Waals surface area contributed by atoms with Gasteiger partial charge in [0.2, 0.25) is 0 Å². The van der Waals surface area contributed by atoms with Crippen LogP contribution in [0.4, 0.5) is 0 Å². The first-order valence-electron chi connectivity index (χ1n) is 15.7. The summed E-state index contributed by atoms with van der Waals surface area (Å²) in [6, 6.07) is 16.8. The van der Waals surface area contributed by atoms with Crippen molar-refractivity contribution in [3.63, 3.8) is 0 Å². The smallest absolute Gasteiger partial charge is 0.0737 e. The predicted octanol–water partition coefficient (Wildman–Crippen LogP) is 9.62. The fraction of sp³-hybridized carbons (Fsp3) is 0.250. The Hall–Kier alpha value is -4.70. The molecule has 1 atom stereocenters. The Morgan fingerprint density at radius 1 is 0.909 bits per heavy atom. The fourth-order valence-corrected chi connectivity index (χ4v) is 5.09. The van der Waals surface area contributed by atoms with E-state index >= 15 is 0 Å². The van der Waals surface area contributed by atoms with Gasteiger partial charge in [0, 0.05) is 50.2 Å². The normalized spacial score (nSPS) is 14.1.